The van der Waals surface area contributed by atoms with Crippen molar-refractivity contribution in [2.75, 3.05) is 14.2 Å². The van der Waals surface area contributed by atoms with Crippen molar-refractivity contribution in [1.82, 2.24) is 14.5 Å². The average Bonchev–Trinajstić information content (AvgIpc) is 3.29. The van der Waals surface area contributed by atoms with Crippen LogP contribution in [0.2, 0.25) is 0 Å². The lowest BCUT2D eigenvalue weighted by atomic mass is 10.2. The molecule has 182 valence electrons. The first-order chi connectivity index (χ1) is 17.6. The molecule has 0 spiro atoms. The van der Waals surface area contributed by atoms with Crippen LogP contribution in [-0.4, -0.2) is 28.8 Å². The molecule has 0 aliphatic heterocycles. The van der Waals surface area contributed by atoms with E-state index in [0.717, 1.165) is 34.1 Å². The molecule has 7 nitrogen and oxygen atoms in total. The molecule has 8 heteroatoms. The molecule has 0 N–H and O–H groups in total. The van der Waals surface area contributed by atoms with Crippen LogP contribution in [0.5, 0.6) is 11.5 Å². The molecule has 0 bridgehead atoms. The first-order valence-corrected chi connectivity index (χ1v) is 12.4. The number of aryl methyl sites for hydroxylation is 1. The third kappa shape index (κ3) is 4.85. The number of methoxy groups -OCH3 is 2. The number of aromatic nitrogens is 3. The summed E-state index contributed by atoms with van der Waals surface area (Å²) in [6.07, 6.45) is 0. The zero-order valence-corrected chi connectivity index (χ0v) is 21.0. The number of oxazole rings is 1. The molecule has 5 aromatic rings. The molecule has 0 unspecified atom stereocenters. The number of nitrogens with zero attached hydrogens (tertiary/aromatic N) is 3. The minimum absolute atomic E-state index is 0.0817. The number of hydrogen-bond acceptors (Lipinski definition) is 7. The lowest BCUT2D eigenvalue weighted by Crippen LogP contribution is -2.24. The minimum Gasteiger partial charge on any atom is -0.497 e. The summed E-state index contributed by atoms with van der Waals surface area (Å²) >= 11 is 1.47. The van der Waals surface area contributed by atoms with Gasteiger partial charge in [-0.2, -0.15) is 0 Å². The van der Waals surface area contributed by atoms with E-state index in [1.54, 1.807) is 18.8 Å². The summed E-state index contributed by atoms with van der Waals surface area (Å²) in [4.78, 5) is 23.0. The maximum atomic E-state index is 13.5. The second-order valence-electron chi connectivity index (χ2n) is 8.19. The predicted octanol–water partition coefficient (Wildman–Crippen LogP) is 5.72. The molecule has 36 heavy (non-hydrogen) atoms. The molecule has 0 aliphatic rings. The molecule has 0 saturated heterocycles. The van der Waals surface area contributed by atoms with Crippen molar-refractivity contribution >= 4 is 22.7 Å². The smallest absolute Gasteiger partial charge is 0.262 e. The summed E-state index contributed by atoms with van der Waals surface area (Å²) < 4.78 is 18.2. The normalized spacial score (nSPS) is 11.1. The Bertz CT molecular complexity index is 1570. The SMILES string of the molecule is COc1ccc(-c2nc(CSc3nc4ccccc4c(=O)n3Cc3cccc(OC)c3)c(C)o2)cc1. The summed E-state index contributed by atoms with van der Waals surface area (Å²) in [6, 6.07) is 22.7. The first-order valence-electron chi connectivity index (χ1n) is 11.4. The van der Waals surface area contributed by atoms with Gasteiger partial charge in [0.2, 0.25) is 5.89 Å². The zero-order chi connectivity index (χ0) is 25.1. The van der Waals surface area contributed by atoms with E-state index in [-0.39, 0.29) is 5.56 Å². The van der Waals surface area contributed by atoms with Gasteiger partial charge in [0.1, 0.15) is 17.3 Å². The Labute approximate surface area is 212 Å². The van der Waals surface area contributed by atoms with Crippen LogP contribution in [0.25, 0.3) is 22.4 Å². The third-order valence-corrected chi connectivity index (χ3v) is 6.86. The molecular weight excluding hydrogens is 474 g/mol. The summed E-state index contributed by atoms with van der Waals surface area (Å²) in [5.74, 6) is 3.30. The molecule has 0 fully saturated rings. The van der Waals surface area contributed by atoms with Crippen molar-refractivity contribution in [2.45, 2.75) is 24.4 Å². The number of thioether (sulfide) groups is 1. The average molecular weight is 500 g/mol. The highest BCUT2D eigenvalue weighted by atomic mass is 32.2. The summed E-state index contributed by atoms with van der Waals surface area (Å²) in [5.41, 5.74) is 3.22. The van der Waals surface area contributed by atoms with Crippen molar-refractivity contribution in [2.24, 2.45) is 0 Å². The van der Waals surface area contributed by atoms with Gasteiger partial charge in [-0.25, -0.2) is 9.97 Å². The topological polar surface area (TPSA) is 79.4 Å². The van der Waals surface area contributed by atoms with Crippen LogP contribution in [0.4, 0.5) is 0 Å². The summed E-state index contributed by atoms with van der Waals surface area (Å²) in [5, 5.41) is 1.21. The van der Waals surface area contributed by atoms with Crippen LogP contribution in [0.3, 0.4) is 0 Å². The number of ether oxygens (including phenoxy) is 2. The Hall–Kier alpha value is -4.04. The Morgan fingerprint density at radius 2 is 1.69 bits per heavy atom. The number of benzene rings is 3. The van der Waals surface area contributed by atoms with Gasteiger partial charge in [0.15, 0.2) is 5.16 Å². The van der Waals surface area contributed by atoms with E-state index in [1.807, 2.05) is 79.7 Å². The fourth-order valence-electron chi connectivity index (χ4n) is 3.90. The Morgan fingerprint density at radius 1 is 0.917 bits per heavy atom. The molecule has 3 aromatic carbocycles. The van der Waals surface area contributed by atoms with Crippen LogP contribution in [0, 0.1) is 6.92 Å². The quantitative estimate of drug-likeness (QED) is 0.200. The second kappa shape index (κ2) is 10.3. The number of rotatable bonds is 8. The zero-order valence-electron chi connectivity index (χ0n) is 20.2. The number of hydrogen-bond donors (Lipinski definition) is 0. The molecule has 0 amide bonds. The predicted molar refractivity (Wildman–Crippen MR) is 141 cm³/mol. The number of para-hydroxylation sites is 1. The standard InChI is InChI=1S/C28H25N3O4S/c1-18-25(29-26(35-18)20-11-13-21(33-2)14-12-20)17-36-28-30-24-10-5-4-9-23(24)27(32)31(28)16-19-7-6-8-22(15-19)34-3/h4-15H,16-17H2,1-3H3. The van der Waals surface area contributed by atoms with E-state index in [0.29, 0.717) is 34.2 Å². The molecule has 5 rings (SSSR count). The van der Waals surface area contributed by atoms with E-state index >= 15 is 0 Å². The van der Waals surface area contributed by atoms with Crippen molar-refractivity contribution in [1.29, 1.82) is 0 Å². The van der Waals surface area contributed by atoms with Crippen molar-refractivity contribution < 1.29 is 13.9 Å². The van der Waals surface area contributed by atoms with Gasteiger partial charge in [0, 0.05) is 11.3 Å². The van der Waals surface area contributed by atoms with Gasteiger partial charge < -0.3 is 13.9 Å². The molecule has 0 atom stereocenters. The van der Waals surface area contributed by atoms with Crippen LogP contribution < -0.4 is 15.0 Å². The third-order valence-electron chi connectivity index (χ3n) is 5.87. The van der Waals surface area contributed by atoms with Crippen LogP contribution in [0.1, 0.15) is 17.0 Å². The minimum atomic E-state index is -0.0817. The van der Waals surface area contributed by atoms with Gasteiger partial charge in [-0.3, -0.25) is 9.36 Å². The van der Waals surface area contributed by atoms with E-state index < -0.39 is 0 Å². The van der Waals surface area contributed by atoms with Gasteiger partial charge in [0.05, 0.1) is 37.4 Å². The van der Waals surface area contributed by atoms with Crippen LogP contribution in [0.15, 0.2) is 87.2 Å². The maximum absolute atomic E-state index is 13.5. The monoisotopic (exact) mass is 499 g/mol. The van der Waals surface area contributed by atoms with Crippen molar-refractivity contribution in [3.63, 3.8) is 0 Å². The Kier molecular flexibility index (Phi) is 6.77. The highest BCUT2D eigenvalue weighted by molar-refractivity contribution is 7.98. The largest absolute Gasteiger partial charge is 0.497 e. The number of fused-ring (bicyclic) bond motifs is 1. The van der Waals surface area contributed by atoms with E-state index in [4.69, 9.17) is 23.9 Å². The second-order valence-corrected chi connectivity index (χ2v) is 9.14. The van der Waals surface area contributed by atoms with Gasteiger partial charge in [-0.15, -0.1) is 0 Å². The van der Waals surface area contributed by atoms with E-state index in [2.05, 4.69) is 0 Å². The van der Waals surface area contributed by atoms with Gasteiger partial charge in [-0.1, -0.05) is 36.0 Å². The van der Waals surface area contributed by atoms with E-state index in [1.165, 1.54) is 11.8 Å². The van der Waals surface area contributed by atoms with Crippen molar-refractivity contribution in [3.8, 4) is 23.0 Å². The molecule has 2 aromatic heterocycles. The Morgan fingerprint density at radius 3 is 2.47 bits per heavy atom. The lowest BCUT2D eigenvalue weighted by molar-refractivity contribution is 0.414. The maximum Gasteiger partial charge on any atom is 0.262 e. The van der Waals surface area contributed by atoms with Gasteiger partial charge >= 0.3 is 0 Å². The molecule has 0 aliphatic carbocycles. The van der Waals surface area contributed by atoms with Crippen LogP contribution >= 0.6 is 11.8 Å². The first kappa shape index (κ1) is 23.7. The fraction of sp³-hybridized carbons (Fsp3) is 0.179. The van der Waals surface area contributed by atoms with Crippen LogP contribution in [-0.2, 0) is 12.3 Å². The highest BCUT2D eigenvalue weighted by Crippen LogP contribution is 2.28. The van der Waals surface area contributed by atoms with E-state index in [9.17, 15) is 4.79 Å². The Balaban J connectivity index is 1.46. The summed E-state index contributed by atoms with van der Waals surface area (Å²) in [7, 11) is 3.26. The van der Waals surface area contributed by atoms with Gasteiger partial charge in [0.25, 0.3) is 5.56 Å². The molecular formula is C28H25N3O4S. The van der Waals surface area contributed by atoms with Crippen molar-refractivity contribution in [3.05, 3.63) is 100 Å². The van der Waals surface area contributed by atoms with Gasteiger partial charge in [-0.05, 0) is 61.0 Å². The summed E-state index contributed by atoms with van der Waals surface area (Å²) in [6.45, 7) is 2.28. The lowest BCUT2D eigenvalue weighted by Gasteiger charge is -2.13. The molecule has 0 radical (unpaired) electrons. The molecule has 2 heterocycles. The fourth-order valence-corrected chi connectivity index (χ4v) is 4.90. The molecule has 0 saturated carbocycles. The highest BCUT2D eigenvalue weighted by Gasteiger charge is 2.16.